The Morgan fingerprint density at radius 1 is 1.42 bits per heavy atom. The molecule has 1 heterocycles. The quantitative estimate of drug-likeness (QED) is 0.621. The summed E-state index contributed by atoms with van der Waals surface area (Å²) in [4.78, 5) is 2.24. The summed E-state index contributed by atoms with van der Waals surface area (Å²) in [6, 6.07) is 6.61. The second kappa shape index (κ2) is 2.79. The Morgan fingerprint density at radius 3 is 3.08 bits per heavy atom. The van der Waals surface area contributed by atoms with E-state index in [4.69, 9.17) is 0 Å². The fraction of sp³-hybridized carbons (Fsp3) is 0.400. The Balaban J connectivity index is 2.47. The maximum Gasteiger partial charge on any atom is 0.0681 e. The van der Waals surface area contributed by atoms with Gasteiger partial charge < -0.3 is 4.90 Å². The van der Waals surface area contributed by atoms with Gasteiger partial charge in [0.05, 0.1) is 6.67 Å². The van der Waals surface area contributed by atoms with E-state index in [2.05, 4.69) is 42.4 Å². The van der Waals surface area contributed by atoms with Crippen molar-refractivity contribution in [1.29, 1.82) is 0 Å². The van der Waals surface area contributed by atoms with Crippen LogP contribution in [0.1, 0.15) is 11.1 Å². The maximum absolute atomic E-state index is 3.34. The predicted molar refractivity (Wildman–Crippen MR) is 51.3 cm³/mol. The number of rotatable bonds is 0. The SMILES string of the molecule is Cc1ccc2c(c1)N(C)CNC2. The zero-order valence-corrected chi connectivity index (χ0v) is 7.59. The molecule has 0 bridgehead atoms. The molecule has 2 heteroatoms. The normalized spacial score (nSPS) is 16.0. The number of nitrogens with one attached hydrogen (secondary N) is 1. The molecule has 2 rings (SSSR count). The smallest absolute Gasteiger partial charge is 0.0681 e. The molecule has 12 heavy (non-hydrogen) atoms. The molecule has 1 N–H and O–H groups in total. The first kappa shape index (κ1) is 7.62. The van der Waals surface area contributed by atoms with E-state index in [0.29, 0.717) is 0 Å². The fourth-order valence-corrected chi connectivity index (χ4v) is 1.62. The molecule has 0 aliphatic carbocycles. The minimum atomic E-state index is 0.955. The predicted octanol–water partition coefficient (Wildman–Crippen LogP) is 1.49. The lowest BCUT2D eigenvalue weighted by Crippen LogP contribution is -2.36. The molecule has 1 aromatic rings. The first-order chi connectivity index (χ1) is 5.77. The van der Waals surface area contributed by atoms with E-state index in [0.717, 1.165) is 13.2 Å². The van der Waals surface area contributed by atoms with Crippen LogP contribution >= 0.6 is 0 Å². The highest BCUT2D eigenvalue weighted by Gasteiger charge is 2.11. The van der Waals surface area contributed by atoms with Crippen LogP contribution in [-0.2, 0) is 6.54 Å². The molecular weight excluding hydrogens is 148 g/mol. The van der Waals surface area contributed by atoms with Crippen LogP contribution in [0.3, 0.4) is 0 Å². The lowest BCUT2D eigenvalue weighted by atomic mass is 10.1. The average Bonchev–Trinajstić information content (AvgIpc) is 2.07. The van der Waals surface area contributed by atoms with E-state index < -0.39 is 0 Å². The van der Waals surface area contributed by atoms with Crippen LogP contribution < -0.4 is 10.2 Å². The molecule has 0 radical (unpaired) electrons. The Hall–Kier alpha value is -1.02. The van der Waals surface area contributed by atoms with Gasteiger partial charge in [-0.05, 0) is 24.1 Å². The van der Waals surface area contributed by atoms with Crippen molar-refractivity contribution in [2.75, 3.05) is 18.6 Å². The zero-order chi connectivity index (χ0) is 8.55. The number of anilines is 1. The number of aryl methyl sites for hydroxylation is 1. The van der Waals surface area contributed by atoms with Crippen molar-refractivity contribution >= 4 is 5.69 Å². The molecule has 0 amide bonds. The molecule has 1 aliphatic heterocycles. The summed E-state index contributed by atoms with van der Waals surface area (Å²) in [7, 11) is 2.12. The standard InChI is InChI=1S/C10H14N2/c1-8-3-4-9-6-11-7-12(2)10(9)5-8/h3-5,11H,6-7H2,1-2H3. The van der Waals surface area contributed by atoms with Gasteiger partial charge in [-0.15, -0.1) is 0 Å². The maximum atomic E-state index is 3.34. The molecule has 0 atom stereocenters. The number of benzene rings is 1. The number of hydrogen-bond acceptors (Lipinski definition) is 2. The van der Waals surface area contributed by atoms with Gasteiger partial charge in [-0.25, -0.2) is 0 Å². The van der Waals surface area contributed by atoms with Gasteiger partial charge in [0, 0.05) is 19.3 Å². The summed E-state index contributed by atoms with van der Waals surface area (Å²) in [6.07, 6.45) is 0. The van der Waals surface area contributed by atoms with Gasteiger partial charge in [0.25, 0.3) is 0 Å². The first-order valence-electron chi connectivity index (χ1n) is 4.29. The van der Waals surface area contributed by atoms with E-state index >= 15 is 0 Å². The highest BCUT2D eigenvalue weighted by molar-refractivity contribution is 5.56. The Kier molecular flexibility index (Phi) is 1.77. The highest BCUT2D eigenvalue weighted by atomic mass is 15.2. The molecule has 0 fully saturated rings. The molecule has 0 unspecified atom stereocenters. The minimum Gasteiger partial charge on any atom is -0.362 e. The number of hydrogen-bond donors (Lipinski definition) is 1. The van der Waals surface area contributed by atoms with Crippen molar-refractivity contribution in [3.8, 4) is 0 Å². The molecule has 0 saturated carbocycles. The van der Waals surface area contributed by atoms with Crippen LogP contribution in [-0.4, -0.2) is 13.7 Å². The molecular formula is C10H14N2. The molecule has 0 saturated heterocycles. The monoisotopic (exact) mass is 162 g/mol. The van der Waals surface area contributed by atoms with Gasteiger partial charge in [0.2, 0.25) is 0 Å². The Bertz CT molecular complexity index is 294. The molecule has 1 aliphatic rings. The van der Waals surface area contributed by atoms with Crippen LogP contribution in [0.2, 0.25) is 0 Å². The summed E-state index contributed by atoms with van der Waals surface area (Å²) in [5.74, 6) is 0. The van der Waals surface area contributed by atoms with Crippen molar-refractivity contribution < 1.29 is 0 Å². The van der Waals surface area contributed by atoms with Crippen molar-refractivity contribution in [2.24, 2.45) is 0 Å². The fourth-order valence-electron chi connectivity index (χ4n) is 1.62. The van der Waals surface area contributed by atoms with Crippen molar-refractivity contribution in [3.63, 3.8) is 0 Å². The van der Waals surface area contributed by atoms with E-state index in [1.54, 1.807) is 0 Å². The Labute approximate surface area is 73.2 Å². The topological polar surface area (TPSA) is 15.3 Å². The number of nitrogens with zero attached hydrogens (tertiary/aromatic N) is 1. The zero-order valence-electron chi connectivity index (χ0n) is 7.59. The second-order valence-corrected chi connectivity index (χ2v) is 3.42. The lowest BCUT2D eigenvalue weighted by molar-refractivity contribution is 0.646. The second-order valence-electron chi connectivity index (χ2n) is 3.42. The van der Waals surface area contributed by atoms with E-state index in [-0.39, 0.29) is 0 Å². The first-order valence-corrected chi connectivity index (χ1v) is 4.29. The molecule has 2 nitrogen and oxygen atoms in total. The molecule has 64 valence electrons. The van der Waals surface area contributed by atoms with Gasteiger partial charge in [0.15, 0.2) is 0 Å². The van der Waals surface area contributed by atoms with Crippen LogP contribution in [0.15, 0.2) is 18.2 Å². The van der Waals surface area contributed by atoms with Gasteiger partial charge in [0.1, 0.15) is 0 Å². The Morgan fingerprint density at radius 2 is 2.25 bits per heavy atom. The average molecular weight is 162 g/mol. The van der Waals surface area contributed by atoms with Crippen molar-refractivity contribution in [1.82, 2.24) is 5.32 Å². The molecule has 0 aromatic heterocycles. The van der Waals surface area contributed by atoms with Crippen molar-refractivity contribution in [3.05, 3.63) is 29.3 Å². The largest absolute Gasteiger partial charge is 0.362 e. The number of fused-ring (bicyclic) bond motifs is 1. The third-order valence-corrected chi connectivity index (χ3v) is 2.32. The lowest BCUT2D eigenvalue weighted by Gasteiger charge is -2.28. The molecule has 0 spiro atoms. The van der Waals surface area contributed by atoms with Gasteiger partial charge in [-0.3, -0.25) is 5.32 Å². The van der Waals surface area contributed by atoms with Crippen molar-refractivity contribution in [2.45, 2.75) is 13.5 Å². The van der Waals surface area contributed by atoms with Crippen LogP contribution in [0.4, 0.5) is 5.69 Å². The third-order valence-electron chi connectivity index (χ3n) is 2.32. The van der Waals surface area contributed by atoms with Crippen LogP contribution in [0.5, 0.6) is 0 Å². The van der Waals surface area contributed by atoms with E-state index in [1.165, 1.54) is 16.8 Å². The van der Waals surface area contributed by atoms with Gasteiger partial charge >= 0.3 is 0 Å². The van der Waals surface area contributed by atoms with Crippen LogP contribution in [0, 0.1) is 6.92 Å². The summed E-state index contributed by atoms with van der Waals surface area (Å²) < 4.78 is 0. The summed E-state index contributed by atoms with van der Waals surface area (Å²) in [5.41, 5.74) is 4.10. The van der Waals surface area contributed by atoms with Gasteiger partial charge in [-0.2, -0.15) is 0 Å². The van der Waals surface area contributed by atoms with E-state index in [1.807, 2.05) is 0 Å². The third kappa shape index (κ3) is 1.18. The van der Waals surface area contributed by atoms with Crippen LogP contribution in [0.25, 0.3) is 0 Å². The summed E-state index contributed by atoms with van der Waals surface area (Å²) in [5, 5.41) is 3.34. The van der Waals surface area contributed by atoms with E-state index in [9.17, 15) is 0 Å². The summed E-state index contributed by atoms with van der Waals surface area (Å²) in [6.45, 7) is 4.09. The summed E-state index contributed by atoms with van der Waals surface area (Å²) >= 11 is 0. The highest BCUT2D eigenvalue weighted by Crippen LogP contribution is 2.22. The minimum absolute atomic E-state index is 0.955. The molecule has 1 aromatic carbocycles. The van der Waals surface area contributed by atoms with Gasteiger partial charge in [-0.1, -0.05) is 12.1 Å².